The molecule has 0 fully saturated rings. The molecular weight excluding hydrogens is 208 g/mol. The lowest BCUT2D eigenvalue weighted by molar-refractivity contribution is 0.668. The molecule has 0 spiro atoms. The van der Waals surface area contributed by atoms with E-state index in [9.17, 15) is 4.21 Å². The molecule has 1 unspecified atom stereocenters. The van der Waals surface area contributed by atoms with Gasteiger partial charge in [-0.15, -0.1) is 0 Å². The van der Waals surface area contributed by atoms with E-state index >= 15 is 0 Å². The molecule has 0 radical (unpaired) electrons. The Morgan fingerprint density at radius 2 is 2.00 bits per heavy atom. The highest BCUT2D eigenvalue weighted by molar-refractivity contribution is 7.98. The van der Waals surface area contributed by atoms with Gasteiger partial charge < -0.3 is 0 Å². The molecule has 0 heterocycles. The Morgan fingerprint density at radius 3 is 2.47 bits per heavy atom. The van der Waals surface area contributed by atoms with Crippen LogP contribution in [0.2, 0.25) is 0 Å². The molecule has 1 aromatic rings. The molecule has 0 amide bonds. The largest absolute Gasteiger partial charge is 0.265 e. The van der Waals surface area contributed by atoms with Crippen LogP contribution in [0, 0.1) is 0 Å². The highest BCUT2D eigenvalue weighted by atomic mass is 32.2. The van der Waals surface area contributed by atoms with Gasteiger partial charge in [-0.05, 0) is 43.3 Å². The Balaban J connectivity index is 2.90. The lowest BCUT2D eigenvalue weighted by Gasteiger charge is -2.10. The molecule has 82 valence electrons. The average Bonchev–Trinajstić information content (AvgIpc) is 2.26. The molecule has 0 saturated heterocycles. The van der Waals surface area contributed by atoms with E-state index in [1.165, 1.54) is 0 Å². The second-order valence-electron chi connectivity index (χ2n) is 3.22. The minimum absolute atomic E-state index is 0.698. The Kier molecular flexibility index (Phi) is 4.05. The molecule has 0 saturated carbocycles. The Labute approximate surface area is 91.4 Å². The third kappa shape index (κ3) is 3.18. The van der Waals surface area contributed by atoms with Gasteiger partial charge in [-0.3, -0.25) is 4.99 Å². The molecule has 0 aliphatic rings. The van der Waals surface area contributed by atoms with Gasteiger partial charge >= 0.3 is 0 Å². The molecule has 4 heteroatoms. The highest BCUT2D eigenvalue weighted by Crippen LogP contribution is 2.15. The first-order valence-electron chi connectivity index (χ1n) is 4.79. The van der Waals surface area contributed by atoms with Crippen LogP contribution < -0.4 is 4.72 Å². The first-order valence-corrected chi connectivity index (χ1v) is 6.51. The number of rotatable bonds is 5. The van der Waals surface area contributed by atoms with Gasteiger partial charge in [0.15, 0.2) is 0 Å². The summed E-state index contributed by atoms with van der Waals surface area (Å²) in [6.45, 7) is 6.14. The van der Waals surface area contributed by atoms with E-state index in [1.54, 1.807) is 24.3 Å². The van der Waals surface area contributed by atoms with Crippen molar-refractivity contribution in [3.63, 3.8) is 0 Å². The van der Waals surface area contributed by atoms with E-state index in [0.29, 0.717) is 11.4 Å². The first kappa shape index (κ1) is 11.9. The molecule has 1 aromatic carbocycles. The number of hydrogen-bond donors (Lipinski definition) is 1. The van der Waals surface area contributed by atoms with Crippen molar-refractivity contribution in [1.29, 1.82) is 0 Å². The van der Waals surface area contributed by atoms with Crippen molar-refractivity contribution in [2.45, 2.75) is 18.2 Å². The molecule has 0 aromatic heterocycles. The van der Waals surface area contributed by atoms with E-state index in [2.05, 4.69) is 22.3 Å². The van der Waals surface area contributed by atoms with Crippen LogP contribution in [0.25, 0.3) is 0 Å². The van der Waals surface area contributed by atoms with Crippen LogP contribution in [-0.4, -0.2) is 23.3 Å². The SMILES string of the molecule is C=Nc1ccc(S(=C)(=O)NCCC)cc1. The van der Waals surface area contributed by atoms with Crippen molar-refractivity contribution in [3.8, 4) is 0 Å². The summed E-state index contributed by atoms with van der Waals surface area (Å²) in [4.78, 5) is 4.47. The lowest BCUT2D eigenvalue weighted by Crippen LogP contribution is -2.24. The Morgan fingerprint density at radius 1 is 1.40 bits per heavy atom. The molecule has 1 atom stereocenters. The average molecular weight is 224 g/mol. The summed E-state index contributed by atoms with van der Waals surface area (Å²) in [5, 5.41) is 0. The van der Waals surface area contributed by atoms with Gasteiger partial charge in [-0.2, -0.15) is 0 Å². The van der Waals surface area contributed by atoms with Crippen molar-refractivity contribution in [1.82, 2.24) is 4.72 Å². The van der Waals surface area contributed by atoms with Gasteiger partial charge in [0.2, 0.25) is 0 Å². The van der Waals surface area contributed by atoms with Gasteiger partial charge in [0.1, 0.15) is 0 Å². The van der Waals surface area contributed by atoms with Gasteiger partial charge in [0, 0.05) is 11.4 Å². The summed E-state index contributed by atoms with van der Waals surface area (Å²) in [5.74, 6) is 3.70. The van der Waals surface area contributed by atoms with E-state index in [-0.39, 0.29) is 0 Å². The van der Waals surface area contributed by atoms with E-state index < -0.39 is 9.71 Å². The van der Waals surface area contributed by atoms with Gasteiger partial charge in [-0.1, -0.05) is 6.92 Å². The summed E-state index contributed by atoms with van der Waals surface area (Å²) < 4.78 is 15.0. The zero-order valence-electron chi connectivity index (χ0n) is 8.90. The van der Waals surface area contributed by atoms with E-state index in [4.69, 9.17) is 0 Å². The van der Waals surface area contributed by atoms with E-state index in [1.807, 2.05) is 6.92 Å². The van der Waals surface area contributed by atoms with Crippen LogP contribution in [-0.2, 0) is 9.71 Å². The van der Waals surface area contributed by atoms with Crippen LogP contribution in [0.4, 0.5) is 5.69 Å². The standard InChI is InChI=1S/C11H16N2OS/c1-4-9-13-15(3,14)11-7-5-10(12-2)6-8-11/h5-8H,2-4,9H2,1H3,(H,13,14). The molecule has 1 rings (SSSR count). The smallest absolute Gasteiger partial charge is 0.0623 e. The highest BCUT2D eigenvalue weighted by Gasteiger charge is 2.05. The maximum Gasteiger partial charge on any atom is 0.0623 e. The van der Waals surface area contributed by atoms with Crippen molar-refractivity contribution in [2.24, 2.45) is 4.99 Å². The van der Waals surface area contributed by atoms with Crippen molar-refractivity contribution in [2.75, 3.05) is 6.54 Å². The molecule has 0 bridgehead atoms. The molecule has 15 heavy (non-hydrogen) atoms. The lowest BCUT2D eigenvalue weighted by atomic mass is 10.3. The molecule has 1 N–H and O–H groups in total. The summed E-state index contributed by atoms with van der Waals surface area (Å²) in [7, 11) is -2.36. The fourth-order valence-corrected chi connectivity index (χ4v) is 2.40. The Bertz CT molecular complexity index is 420. The molecule has 0 aliphatic heterocycles. The minimum Gasteiger partial charge on any atom is -0.265 e. The predicted octanol–water partition coefficient (Wildman–Crippen LogP) is 2.01. The topological polar surface area (TPSA) is 41.5 Å². The summed E-state index contributed by atoms with van der Waals surface area (Å²) in [5.41, 5.74) is 0.768. The monoisotopic (exact) mass is 224 g/mol. The van der Waals surface area contributed by atoms with Crippen LogP contribution in [0.15, 0.2) is 34.2 Å². The van der Waals surface area contributed by atoms with Crippen molar-refractivity contribution < 1.29 is 4.21 Å². The third-order valence-electron chi connectivity index (χ3n) is 1.99. The number of nitrogens with zero attached hydrogens (tertiary/aromatic N) is 1. The van der Waals surface area contributed by atoms with Gasteiger partial charge in [0.05, 0.1) is 15.4 Å². The molecule has 3 nitrogen and oxygen atoms in total. The maximum absolute atomic E-state index is 12.1. The number of aliphatic imine (C=N–C) groups is 1. The predicted molar refractivity (Wildman–Crippen MR) is 67.5 cm³/mol. The zero-order chi connectivity index (χ0) is 11.3. The van der Waals surface area contributed by atoms with Crippen LogP contribution >= 0.6 is 0 Å². The molecular formula is C11H16N2OS. The van der Waals surface area contributed by atoms with Crippen molar-refractivity contribution in [3.05, 3.63) is 24.3 Å². The summed E-state index contributed by atoms with van der Waals surface area (Å²) in [6, 6.07) is 7.09. The fraction of sp³-hybridized carbons (Fsp3) is 0.273. The quantitative estimate of drug-likeness (QED) is 0.603. The summed E-state index contributed by atoms with van der Waals surface area (Å²) in [6.07, 6.45) is 0.929. The first-order chi connectivity index (χ1) is 7.10. The molecule has 0 aliphatic carbocycles. The number of benzene rings is 1. The third-order valence-corrected chi connectivity index (χ3v) is 3.69. The second kappa shape index (κ2) is 5.09. The maximum atomic E-state index is 12.1. The van der Waals surface area contributed by atoms with E-state index in [0.717, 1.165) is 12.1 Å². The summed E-state index contributed by atoms with van der Waals surface area (Å²) >= 11 is 0. The number of hydrogen-bond acceptors (Lipinski definition) is 2. The van der Waals surface area contributed by atoms with Crippen molar-refractivity contribution >= 4 is 28.0 Å². The van der Waals surface area contributed by atoms with Crippen LogP contribution in [0.5, 0.6) is 0 Å². The van der Waals surface area contributed by atoms with Gasteiger partial charge in [-0.25, -0.2) is 8.93 Å². The fourth-order valence-electron chi connectivity index (χ4n) is 1.12. The zero-order valence-corrected chi connectivity index (χ0v) is 9.72. The normalized spacial score (nSPS) is 14.5. The number of nitrogens with one attached hydrogen (secondary N) is 1. The van der Waals surface area contributed by atoms with Gasteiger partial charge in [0.25, 0.3) is 0 Å². The second-order valence-corrected chi connectivity index (χ2v) is 5.33. The minimum atomic E-state index is -2.36. The van der Waals surface area contributed by atoms with Crippen LogP contribution in [0.1, 0.15) is 13.3 Å². The van der Waals surface area contributed by atoms with Crippen LogP contribution in [0.3, 0.4) is 0 Å². The Hall–Kier alpha value is -1.13.